The molecule has 5 rings (SSSR count). The van der Waals surface area contributed by atoms with Gasteiger partial charge < -0.3 is 14.7 Å². The van der Waals surface area contributed by atoms with E-state index in [-0.39, 0.29) is 17.9 Å². The summed E-state index contributed by atoms with van der Waals surface area (Å²) in [7, 11) is 0. The number of piperazine rings is 1. The molecule has 1 aliphatic carbocycles. The minimum atomic E-state index is 0.119. The Morgan fingerprint density at radius 2 is 1.74 bits per heavy atom. The Labute approximate surface area is 235 Å². The second-order valence-corrected chi connectivity index (χ2v) is 12.3. The molecule has 2 aliphatic heterocycles. The van der Waals surface area contributed by atoms with E-state index in [2.05, 4.69) is 47.1 Å². The first kappa shape index (κ1) is 27.3. The van der Waals surface area contributed by atoms with Crippen molar-refractivity contribution in [3.05, 3.63) is 47.1 Å². The summed E-state index contributed by atoms with van der Waals surface area (Å²) in [6.07, 6.45) is 7.54. The van der Waals surface area contributed by atoms with Gasteiger partial charge in [0.2, 0.25) is 11.8 Å². The van der Waals surface area contributed by atoms with Crippen LogP contribution in [0.5, 0.6) is 0 Å². The molecule has 1 unspecified atom stereocenters. The van der Waals surface area contributed by atoms with Crippen LogP contribution in [0.1, 0.15) is 51.0 Å². The van der Waals surface area contributed by atoms with Gasteiger partial charge in [-0.15, -0.1) is 0 Å². The lowest BCUT2D eigenvalue weighted by Gasteiger charge is -2.41. The number of carbonyl (C=O) groups excluding carboxylic acids is 2. The standard InChI is InChI=1S/C29H38ClN5O2S/c1-21-19-34(15-16-35(21)28(37)24-9-5-6-10-24)26-18-25(30)31-29(32-26)38-20-27(36)33-13-11-23(12-14-33)17-22-7-3-2-4-8-22/h2-4,7-8,18,21,23-24H,5-6,9-17,19-20H2,1H3. The Balaban J connectivity index is 1.11. The van der Waals surface area contributed by atoms with Gasteiger partial charge >= 0.3 is 0 Å². The average molecular weight is 556 g/mol. The SMILES string of the molecule is CC1CN(c2cc(Cl)nc(SCC(=O)N3CCC(Cc4ccccc4)CC3)n2)CCN1C(=O)C1CCCC1. The highest BCUT2D eigenvalue weighted by molar-refractivity contribution is 7.99. The van der Waals surface area contributed by atoms with E-state index in [1.165, 1.54) is 30.2 Å². The molecule has 3 heterocycles. The molecule has 9 heteroatoms. The van der Waals surface area contributed by atoms with E-state index in [9.17, 15) is 9.59 Å². The summed E-state index contributed by atoms with van der Waals surface area (Å²) >= 11 is 7.72. The van der Waals surface area contributed by atoms with Gasteiger partial charge in [-0.1, -0.05) is 66.5 Å². The molecule has 1 saturated carbocycles. The molecule has 0 radical (unpaired) electrons. The number of rotatable bonds is 7. The van der Waals surface area contributed by atoms with Crippen molar-refractivity contribution in [3.63, 3.8) is 0 Å². The minimum Gasteiger partial charge on any atom is -0.353 e. The molecule has 1 atom stereocenters. The zero-order chi connectivity index (χ0) is 26.5. The van der Waals surface area contributed by atoms with Crippen LogP contribution in [0.2, 0.25) is 5.15 Å². The number of carbonyl (C=O) groups is 2. The number of thioether (sulfide) groups is 1. The van der Waals surface area contributed by atoms with Gasteiger partial charge in [-0.3, -0.25) is 9.59 Å². The number of anilines is 1. The lowest BCUT2D eigenvalue weighted by atomic mass is 9.90. The van der Waals surface area contributed by atoms with Crippen molar-refractivity contribution >= 4 is 41.0 Å². The van der Waals surface area contributed by atoms with Crippen molar-refractivity contribution in [2.24, 2.45) is 11.8 Å². The van der Waals surface area contributed by atoms with Gasteiger partial charge in [0.05, 0.1) is 5.75 Å². The molecule has 3 aliphatic rings. The predicted octanol–water partition coefficient (Wildman–Crippen LogP) is 4.93. The first-order valence-electron chi connectivity index (χ1n) is 14.0. The average Bonchev–Trinajstić information content (AvgIpc) is 3.47. The molecule has 204 valence electrons. The van der Waals surface area contributed by atoms with Gasteiger partial charge in [-0.2, -0.15) is 0 Å². The van der Waals surface area contributed by atoms with Gasteiger partial charge in [-0.25, -0.2) is 9.97 Å². The van der Waals surface area contributed by atoms with Gasteiger partial charge in [0, 0.05) is 50.7 Å². The number of likely N-dealkylation sites (tertiary alicyclic amines) is 1. The van der Waals surface area contributed by atoms with E-state index in [0.717, 1.165) is 57.6 Å². The number of aromatic nitrogens is 2. The van der Waals surface area contributed by atoms with Crippen LogP contribution in [0.15, 0.2) is 41.6 Å². The number of hydrogen-bond donors (Lipinski definition) is 0. The lowest BCUT2D eigenvalue weighted by Crippen LogP contribution is -2.55. The number of nitrogens with zero attached hydrogens (tertiary/aromatic N) is 5. The maximum atomic E-state index is 13.0. The molecular weight excluding hydrogens is 518 g/mol. The normalized spacial score (nSPS) is 21.2. The van der Waals surface area contributed by atoms with Crippen molar-refractivity contribution in [2.45, 2.75) is 63.1 Å². The van der Waals surface area contributed by atoms with E-state index in [4.69, 9.17) is 16.6 Å². The van der Waals surface area contributed by atoms with Gasteiger partial charge in [0.25, 0.3) is 0 Å². The molecule has 0 N–H and O–H groups in total. The molecule has 3 fully saturated rings. The second-order valence-electron chi connectivity index (χ2n) is 10.9. The summed E-state index contributed by atoms with van der Waals surface area (Å²) in [6, 6.07) is 12.5. The van der Waals surface area contributed by atoms with E-state index >= 15 is 0 Å². The molecule has 7 nitrogen and oxygen atoms in total. The Kier molecular flexibility index (Phi) is 9.10. The minimum absolute atomic E-state index is 0.119. The number of hydrogen-bond acceptors (Lipinski definition) is 6. The van der Waals surface area contributed by atoms with Gasteiger partial charge in [0.1, 0.15) is 11.0 Å². The molecule has 1 aromatic heterocycles. The summed E-state index contributed by atoms with van der Waals surface area (Å²) in [4.78, 5) is 41.2. The van der Waals surface area contributed by atoms with Crippen LogP contribution in [-0.4, -0.2) is 76.1 Å². The van der Waals surface area contributed by atoms with E-state index in [1.54, 1.807) is 6.07 Å². The van der Waals surface area contributed by atoms with Gasteiger partial charge in [-0.05, 0) is 50.5 Å². The van der Waals surface area contributed by atoms with Crippen molar-refractivity contribution in [1.82, 2.24) is 19.8 Å². The third kappa shape index (κ3) is 6.81. The van der Waals surface area contributed by atoms with Crippen LogP contribution in [0.3, 0.4) is 0 Å². The summed E-state index contributed by atoms with van der Waals surface area (Å²) in [5.41, 5.74) is 1.37. The summed E-state index contributed by atoms with van der Waals surface area (Å²) in [5, 5.41) is 0.903. The summed E-state index contributed by atoms with van der Waals surface area (Å²) < 4.78 is 0. The molecule has 0 spiro atoms. The van der Waals surface area contributed by atoms with E-state index in [0.29, 0.717) is 41.0 Å². The van der Waals surface area contributed by atoms with E-state index in [1.807, 2.05) is 9.80 Å². The molecule has 2 saturated heterocycles. The zero-order valence-electron chi connectivity index (χ0n) is 22.2. The highest BCUT2D eigenvalue weighted by Crippen LogP contribution is 2.30. The first-order valence-corrected chi connectivity index (χ1v) is 15.4. The smallest absolute Gasteiger partial charge is 0.233 e. The molecular formula is C29H38ClN5O2S. The van der Waals surface area contributed by atoms with Crippen LogP contribution in [0.25, 0.3) is 0 Å². The highest BCUT2D eigenvalue weighted by atomic mass is 35.5. The fourth-order valence-electron chi connectivity index (χ4n) is 6.06. The van der Waals surface area contributed by atoms with Crippen LogP contribution in [0.4, 0.5) is 5.82 Å². The van der Waals surface area contributed by atoms with Crippen LogP contribution < -0.4 is 4.90 Å². The molecule has 2 aromatic rings. The largest absolute Gasteiger partial charge is 0.353 e. The van der Waals surface area contributed by atoms with Crippen LogP contribution in [-0.2, 0) is 16.0 Å². The second kappa shape index (κ2) is 12.7. The van der Waals surface area contributed by atoms with Crippen LogP contribution in [0, 0.1) is 11.8 Å². The fraction of sp³-hybridized carbons (Fsp3) is 0.586. The third-order valence-electron chi connectivity index (χ3n) is 8.26. The summed E-state index contributed by atoms with van der Waals surface area (Å²) in [6.45, 7) is 5.85. The topological polar surface area (TPSA) is 69.6 Å². The first-order chi connectivity index (χ1) is 18.5. The summed E-state index contributed by atoms with van der Waals surface area (Å²) in [5.74, 6) is 2.35. The van der Waals surface area contributed by atoms with E-state index < -0.39 is 0 Å². The Morgan fingerprint density at radius 3 is 2.45 bits per heavy atom. The van der Waals surface area contributed by atoms with Gasteiger partial charge in [0.15, 0.2) is 5.16 Å². The predicted molar refractivity (Wildman–Crippen MR) is 153 cm³/mol. The molecule has 0 bridgehead atoms. The number of piperidine rings is 1. The van der Waals surface area contributed by atoms with Crippen molar-refractivity contribution < 1.29 is 9.59 Å². The Bertz CT molecular complexity index is 1110. The Morgan fingerprint density at radius 1 is 1.00 bits per heavy atom. The third-order valence-corrected chi connectivity index (χ3v) is 9.28. The monoisotopic (exact) mass is 555 g/mol. The maximum absolute atomic E-state index is 13.0. The number of halogens is 1. The number of benzene rings is 1. The molecule has 1 aromatic carbocycles. The van der Waals surface area contributed by atoms with Crippen molar-refractivity contribution in [2.75, 3.05) is 43.4 Å². The Hall–Kier alpha value is -2.32. The highest BCUT2D eigenvalue weighted by Gasteiger charge is 2.33. The van der Waals surface area contributed by atoms with Crippen molar-refractivity contribution in [3.8, 4) is 0 Å². The van der Waals surface area contributed by atoms with Crippen molar-refractivity contribution in [1.29, 1.82) is 0 Å². The molecule has 38 heavy (non-hydrogen) atoms. The zero-order valence-corrected chi connectivity index (χ0v) is 23.8. The molecule has 2 amide bonds. The number of amides is 2. The maximum Gasteiger partial charge on any atom is 0.233 e. The fourth-order valence-corrected chi connectivity index (χ4v) is 7.05. The quantitative estimate of drug-likeness (QED) is 0.274. The van der Waals surface area contributed by atoms with Crippen LogP contribution >= 0.6 is 23.4 Å². The lowest BCUT2D eigenvalue weighted by molar-refractivity contribution is -0.137.